The van der Waals surface area contributed by atoms with E-state index in [1.165, 1.54) is 25.4 Å². The Kier molecular flexibility index (Phi) is 7.50. The maximum atomic E-state index is 14.0. The number of aryl methyl sites for hydroxylation is 1. The van der Waals surface area contributed by atoms with Gasteiger partial charge in [-0.05, 0) is 56.2 Å². The Balaban J connectivity index is 1.60. The van der Waals surface area contributed by atoms with Gasteiger partial charge >= 0.3 is 12.3 Å². The number of rotatable bonds is 6. The normalized spacial score (nSPS) is 17.6. The van der Waals surface area contributed by atoms with Crippen molar-refractivity contribution in [2.45, 2.75) is 71.4 Å². The Labute approximate surface area is 223 Å². The van der Waals surface area contributed by atoms with Crippen LogP contribution >= 0.6 is 0 Å². The van der Waals surface area contributed by atoms with Crippen molar-refractivity contribution in [3.63, 3.8) is 0 Å². The van der Waals surface area contributed by atoms with Gasteiger partial charge in [0.15, 0.2) is 0 Å². The Morgan fingerprint density at radius 1 is 1.08 bits per heavy atom. The zero-order valence-electron chi connectivity index (χ0n) is 22.5. The lowest BCUT2D eigenvalue weighted by atomic mass is 9.89. The molecule has 4 heterocycles. The highest BCUT2D eigenvalue weighted by Crippen LogP contribution is 2.35. The maximum Gasteiger partial charge on any atom is 0.433 e. The first kappa shape index (κ1) is 28.2. The lowest BCUT2D eigenvalue weighted by molar-refractivity contribution is -0.141. The summed E-state index contributed by atoms with van der Waals surface area (Å²) in [6, 6.07) is 4.77. The standard InChI is InChI=1S/C27H30F4N6O2/c1-14-9-19(33-12-18(14)17-10-21(26(4,5)6)35-22(11-17)27(29,30)31)16(3)34-24-32-8-7-23(36-24)37-20(15(2)28)13-39-25(37)38/h7-12,15-16,20H,13H2,1-6H3,(H,32,34,36)/t15-,16-,20+/m0/s1. The van der Waals surface area contributed by atoms with Gasteiger partial charge in [-0.15, -0.1) is 0 Å². The molecule has 1 fully saturated rings. The quantitative estimate of drug-likeness (QED) is 0.357. The molecule has 208 valence electrons. The molecule has 3 aromatic rings. The van der Waals surface area contributed by atoms with E-state index in [0.29, 0.717) is 22.5 Å². The lowest BCUT2D eigenvalue weighted by Crippen LogP contribution is -2.39. The van der Waals surface area contributed by atoms with Crippen LogP contribution in [0.25, 0.3) is 11.1 Å². The van der Waals surface area contributed by atoms with Crippen LogP contribution in [0.5, 0.6) is 0 Å². The molecule has 1 aliphatic heterocycles. The highest BCUT2D eigenvalue weighted by atomic mass is 19.4. The molecular weight excluding hydrogens is 516 g/mol. The summed E-state index contributed by atoms with van der Waals surface area (Å²) in [5.41, 5.74) is 1.05. The van der Waals surface area contributed by atoms with E-state index in [4.69, 9.17) is 4.74 Å². The number of anilines is 2. The van der Waals surface area contributed by atoms with Crippen LogP contribution in [0.2, 0.25) is 0 Å². The van der Waals surface area contributed by atoms with Crippen LogP contribution in [-0.2, 0) is 16.3 Å². The van der Waals surface area contributed by atoms with E-state index in [1.807, 2.05) is 27.7 Å². The minimum Gasteiger partial charge on any atom is -0.447 e. The molecule has 12 heteroatoms. The molecule has 1 aliphatic rings. The Morgan fingerprint density at radius 3 is 2.38 bits per heavy atom. The molecule has 3 aromatic heterocycles. The van der Waals surface area contributed by atoms with E-state index >= 15 is 0 Å². The number of carbonyl (C=O) groups excluding carboxylic acids is 1. The third kappa shape index (κ3) is 6.10. The van der Waals surface area contributed by atoms with Crippen molar-refractivity contribution < 1.29 is 27.1 Å². The van der Waals surface area contributed by atoms with Crippen molar-refractivity contribution in [2.24, 2.45) is 0 Å². The van der Waals surface area contributed by atoms with E-state index in [9.17, 15) is 22.4 Å². The fourth-order valence-electron chi connectivity index (χ4n) is 4.19. The van der Waals surface area contributed by atoms with Gasteiger partial charge in [0.25, 0.3) is 0 Å². The second-order valence-electron chi connectivity index (χ2n) is 10.6. The number of carbonyl (C=O) groups is 1. The molecule has 0 aromatic carbocycles. The van der Waals surface area contributed by atoms with E-state index in [1.54, 1.807) is 19.1 Å². The molecule has 0 aliphatic carbocycles. The van der Waals surface area contributed by atoms with Gasteiger partial charge in [-0.1, -0.05) is 20.8 Å². The summed E-state index contributed by atoms with van der Waals surface area (Å²) in [5, 5.41) is 3.11. The number of nitrogens with one attached hydrogen (secondary N) is 1. The number of halogens is 4. The lowest BCUT2D eigenvalue weighted by Gasteiger charge is -2.22. The number of nitrogens with zero attached hydrogens (tertiary/aromatic N) is 5. The van der Waals surface area contributed by atoms with Crippen LogP contribution in [0, 0.1) is 6.92 Å². The molecule has 3 atom stereocenters. The van der Waals surface area contributed by atoms with Gasteiger partial charge in [0.05, 0.1) is 11.7 Å². The van der Waals surface area contributed by atoms with Crippen LogP contribution in [0.1, 0.15) is 63.3 Å². The van der Waals surface area contributed by atoms with Gasteiger partial charge in [-0.2, -0.15) is 18.2 Å². The fourth-order valence-corrected chi connectivity index (χ4v) is 4.19. The second-order valence-corrected chi connectivity index (χ2v) is 10.6. The molecule has 0 bridgehead atoms. The van der Waals surface area contributed by atoms with Crippen molar-refractivity contribution in [3.05, 3.63) is 59.3 Å². The number of hydrogen-bond donors (Lipinski definition) is 1. The zero-order valence-corrected chi connectivity index (χ0v) is 22.5. The van der Waals surface area contributed by atoms with Crippen molar-refractivity contribution in [2.75, 3.05) is 16.8 Å². The molecule has 1 saturated heterocycles. The van der Waals surface area contributed by atoms with Gasteiger partial charge in [-0.25, -0.2) is 19.2 Å². The van der Waals surface area contributed by atoms with Crippen molar-refractivity contribution >= 4 is 17.9 Å². The molecule has 39 heavy (non-hydrogen) atoms. The Hall–Kier alpha value is -3.83. The summed E-state index contributed by atoms with van der Waals surface area (Å²) in [6.07, 6.45) is -3.61. The summed E-state index contributed by atoms with van der Waals surface area (Å²) < 4.78 is 59.8. The van der Waals surface area contributed by atoms with Crippen LogP contribution in [0.15, 0.2) is 36.7 Å². The first-order valence-electron chi connectivity index (χ1n) is 12.4. The molecule has 0 radical (unpaired) electrons. The Morgan fingerprint density at radius 2 is 1.77 bits per heavy atom. The average Bonchev–Trinajstić information content (AvgIpc) is 3.24. The SMILES string of the molecule is Cc1cc([C@H](C)Nc2nccc(N3C(=O)OC[C@@H]3[C@H](C)F)n2)ncc1-c1cc(C(C)(C)C)nc(C(F)(F)F)c1. The van der Waals surface area contributed by atoms with Gasteiger partial charge in [0, 0.05) is 29.1 Å². The van der Waals surface area contributed by atoms with E-state index in [2.05, 4.69) is 25.3 Å². The summed E-state index contributed by atoms with van der Waals surface area (Å²) in [4.78, 5) is 30.2. The maximum absolute atomic E-state index is 14.0. The van der Waals surface area contributed by atoms with E-state index in [-0.39, 0.29) is 18.4 Å². The average molecular weight is 547 g/mol. The smallest absolute Gasteiger partial charge is 0.433 e. The van der Waals surface area contributed by atoms with E-state index < -0.39 is 41.6 Å². The molecule has 0 saturated carbocycles. The third-order valence-corrected chi connectivity index (χ3v) is 6.44. The third-order valence-electron chi connectivity index (χ3n) is 6.44. The second kappa shape index (κ2) is 10.4. The monoisotopic (exact) mass is 546 g/mol. The minimum absolute atomic E-state index is 0.0750. The van der Waals surface area contributed by atoms with Crippen LogP contribution in [0.4, 0.5) is 34.1 Å². The number of hydrogen-bond acceptors (Lipinski definition) is 7. The molecule has 0 unspecified atom stereocenters. The largest absolute Gasteiger partial charge is 0.447 e. The Bertz CT molecular complexity index is 1340. The molecule has 1 amide bonds. The van der Waals surface area contributed by atoms with Crippen LogP contribution < -0.4 is 10.2 Å². The summed E-state index contributed by atoms with van der Waals surface area (Å²) in [7, 11) is 0. The molecular formula is C27H30F4N6O2. The van der Waals surface area contributed by atoms with Crippen molar-refractivity contribution in [1.29, 1.82) is 0 Å². The number of amides is 1. The predicted molar refractivity (Wildman–Crippen MR) is 138 cm³/mol. The van der Waals surface area contributed by atoms with Gasteiger partial charge < -0.3 is 10.1 Å². The molecule has 0 spiro atoms. The van der Waals surface area contributed by atoms with Gasteiger partial charge in [0.2, 0.25) is 5.95 Å². The van der Waals surface area contributed by atoms with Crippen LogP contribution in [0.3, 0.4) is 0 Å². The van der Waals surface area contributed by atoms with Gasteiger partial charge in [-0.3, -0.25) is 9.88 Å². The highest BCUT2D eigenvalue weighted by molar-refractivity contribution is 5.89. The fraction of sp³-hybridized carbons (Fsp3) is 0.444. The first-order chi connectivity index (χ1) is 18.1. The molecule has 4 rings (SSSR count). The number of alkyl halides is 4. The number of ether oxygens (including phenoxy) is 1. The molecule has 8 nitrogen and oxygen atoms in total. The first-order valence-corrected chi connectivity index (χ1v) is 12.4. The predicted octanol–water partition coefficient (Wildman–Crippen LogP) is 6.41. The van der Waals surface area contributed by atoms with Gasteiger partial charge in [0.1, 0.15) is 30.3 Å². The summed E-state index contributed by atoms with van der Waals surface area (Å²) in [6.45, 7) is 10.3. The van der Waals surface area contributed by atoms with E-state index in [0.717, 1.165) is 16.5 Å². The van der Waals surface area contributed by atoms with Crippen molar-refractivity contribution in [1.82, 2.24) is 19.9 Å². The van der Waals surface area contributed by atoms with Crippen LogP contribution in [-0.4, -0.2) is 44.8 Å². The molecule has 1 N–H and O–H groups in total. The van der Waals surface area contributed by atoms with Crippen molar-refractivity contribution in [3.8, 4) is 11.1 Å². The number of pyridine rings is 2. The topological polar surface area (TPSA) is 93.1 Å². The number of cyclic esters (lactones) is 1. The minimum atomic E-state index is -4.58. The summed E-state index contributed by atoms with van der Waals surface area (Å²) in [5.74, 6) is 0.385. The summed E-state index contributed by atoms with van der Waals surface area (Å²) >= 11 is 0. The highest BCUT2D eigenvalue weighted by Gasteiger charge is 2.39. The zero-order chi connectivity index (χ0) is 28.7. The number of aromatic nitrogens is 4.